The third-order valence-corrected chi connectivity index (χ3v) is 8.81. The highest BCUT2D eigenvalue weighted by molar-refractivity contribution is 6.18. The zero-order chi connectivity index (χ0) is 34.7. The van der Waals surface area contributed by atoms with E-state index in [1.165, 1.54) is 36.2 Å². The number of anilines is 1. The van der Waals surface area contributed by atoms with Crippen LogP contribution < -0.4 is 10.2 Å². The van der Waals surface area contributed by atoms with E-state index in [0.717, 1.165) is 7.05 Å². The maximum atomic E-state index is 13.8. The Balaban J connectivity index is 1.53. The maximum Gasteiger partial charge on any atom is 0.416 e. The van der Waals surface area contributed by atoms with Gasteiger partial charge in [0.15, 0.2) is 0 Å². The number of halogens is 8. The van der Waals surface area contributed by atoms with Crippen LogP contribution in [0.5, 0.6) is 0 Å². The van der Waals surface area contributed by atoms with Gasteiger partial charge in [0.25, 0.3) is 0 Å². The minimum absolute atomic E-state index is 0.0205. The number of rotatable bonds is 7. The van der Waals surface area contributed by atoms with E-state index in [9.17, 15) is 45.1 Å². The number of benzene rings is 2. The first-order chi connectivity index (χ1) is 22.0. The standard InChI is InChI=1S/C31H34ClF7N4O4/c1-41(24-14-20(30(34,35)36)13-21(15-24)31(37,38)39)29(46)42(2)26-17-43(16-25(26)18-3-7-22(33)8-4-18)27(44)19-5-9-23(10-6-19)40-28(45)47-12-11-32/h3-4,7-8,13-15,19,23,25-26H,5-6,9-12,16-17H2,1-2H3,(H,40,45)/t19?,23?,25-,26+/m0/s1. The van der Waals surface area contributed by atoms with Crippen molar-refractivity contribution in [3.8, 4) is 0 Å². The Labute approximate surface area is 271 Å². The highest BCUT2D eigenvalue weighted by atomic mass is 35.5. The highest BCUT2D eigenvalue weighted by Crippen LogP contribution is 2.39. The van der Waals surface area contributed by atoms with Crippen LogP contribution in [0, 0.1) is 11.7 Å². The summed E-state index contributed by atoms with van der Waals surface area (Å²) in [6, 6.07) is 4.52. The lowest BCUT2D eigenvalue weighted by atomic mass is 9.85. The molecule has 2 fully saturated rings. The van der Waals surface area contributed by atoms with Crippen LogP contribution in [-0.2, 0) is 21.9 Å². The zero-order valence-electron chi connectivity index (χ0n) is 25.5. The quantitative estimate of drug-likeness (QED) is 0.254. The first-order valence-corrected chi connectivity index (χ1v) is 15.4. The summed E-state index contributed by atoms with van der Waals surface area (Å²) < 4.78 is 99.7. The number of likely N-dealkylation sites (tertiary alicyclic amines) is 1. The molecule has 1 aliphatic heterocycles. The van der Waals surface area contributed by atoms with Crippen LogP contribution in [0.3, 0.4) is 0 Å². The van der Waals surface area contributed by atoms with Gasteiger partial charge in [-0.15, -0.1) is 11.6 Å². The van der Waals surface area contributed by atoms with Gasteiger partial charge in [-0.25, -0.2) is 14.0 Å². The van der Waals surface area contributed by atoms with Crippen molar-refractivity contribution < 1.29 is 49.9 Å². The molecule has 0 unspecified atom stereocenters. The Morgan fingerprint density at radius 1 is 0.915 bits per heavy atom. The summed E-state index contributed by atoms with van der Waals surface area (Å²) in [6.07, 6.45) is -8.83. The van der Waals surface area contributed by atoms with Crippen LogP contribution in [0.2, 0.25) is 0 Å². The molecule has 0 spiro atoms. The molecule has 8 nitrogen and oxygen atoms in total. The molecule has 1 N–H and O–H groups in total. The highest BCUT2D eigenvalue weighted by Gasteiger charge is 2.43. The van der Waals surface area contributed by atoms with Gasteiger partial charge in [-0.1, -0.05) is 12.1 Å². The van der Waals surface area contributed by atoms with Gasteiger partial charge >= 0.3 is 24.5 Å². The molecule has 2 aromatic carbocycles. The van der Waals surface area contributed by atoms with E-state index in [1.807, 2.05) is 0 Å². The predicted molar refractivity (Wildman–Crippen MR) is 158 cm³/mol. The Kier molecular flexibility index (Phi) is 11.2. The number of nitrogens with one attached hydrogen (secondary N) is 1. The van der Waals surface area contributed by atoms with Crippen LogP contribution >= 0.6 is 11.6 Å². The van der Waals surface area contributed by atoms with Crippen LogP contribution in [0.4, 0.5) is 46.0 Å². The third kappa shape index (κ3) is 8.79. The smallest absolute Gasteiger partial charge is 0.416 e. The molecule has 4 amide bonds. The lowest BCUT2D eigenvalue weighted by molar-refractivity contribution is -0.143. The average molecular weight is 695 g/mol. The second-order valence-electron chi connectivity index (χ2n) is 11.7. The van der Waals surface area contributed by atoms with Crippen molar-refractivity contribution in [1.29, 1.82) is 0 Å². The molecule has 0 aromatic heterocycles. The summed E-state index contributed by atoms with van der Waals surface area (Å²) in [6.45, 7) is 0.227. The summed E-state index contributed by atoms with van der Waals surface area (Å²) in [4.78, 5) is 42.6. The maximum absolute atomic E-state index is 13.8. The number of hydrogen-bond acceptors (Lipinski definition) is 4. The minimum Gasteiger partial charge on any atom is -0.448 e. The zero-order valence-corrected chi connectivity index (χ0v) is 26.3. The van der Waals surface area contributed by atoms with Gasteiger partial charge in [0.1, 0.15) is 12.4 Å². The van der Waals surface area contributed by atoms with E-state index >= 15 is 0 Å². The van der Waals surface area contributed by atoms with Gasteiger partial charge in [-0.05, 0) is 61.6 Å². The summed E-state index contributed by atoms with van der Waals surface area (Å²) >= 11 is 5.53. The Bertz CT molecular complexity index is 1400. The summed E-state index contributed by atoms with van der Waals surface area (Å²) in [5.41, 5.74) is -3.16. The molecule has 16 heteroatoms. The van der Waals surface area contributed by atoms with E-state index in [0.29, 0.717) is 48.3 Å². The molecule has 2 aliphatic rings. The van der Waals surface area contributed by atoms with Crippen molar-refractivity contribution in [3.63, 3.8) is 0 Å². The van der Waals surface area contributed by atoms with Crippen molar-refractivity contribution in [2.45, 2.75) is 56.0 Å². The number of alkyl halides is 7. The third-order valence-electron chi connectivity index (χ3n) is 8.65. The van der Waals surface area contributed by atoms with Gasteiger partial charge in [-0.3, -0.25) is 9.69 Å². The number of ether oxygens (including phenoxy) is 1. The number of urea groups is 1. The fraction of sp³-hybridized carbons (Fsp3) is 0.516. The Hall–Kier alpha value is -3.75. The van der Waals surface area contributed by atoms with Crippen molar-refractivity contribution in [1.82, 2.24) is 15.1 Å². The molecule has 1 saturated carbocycles. The fourth-order valence-electron chi connectivity index (χ4n) is 6.10. The fourth-order valence-corrected chi connectivity index (χ4v) is 6.18. The molecule has 0 bridgehead atoms. The summed E-state index contributed by atoms with van der Waals surface area (Å²) in [7, 11) is 2.42. The van der Waals surface area contributed by atoms with E-state index in [4.69, 9.17) is 16.3 Å². The SMILES string of the molecule is CN(C(=O)N(C)[C@@H]1CN(C(=O)C2CCC(NC(=O)OCCCl)CC2)C[C@H]1c1ccc(F)cc1)c1cc(C(F)(F)F)cc(C(F)(F)F)c1. The first kappa shape index (κ1) is 36.1. The Morgan fingerprint density at radius 2 is 1.49 bits per heavy atom. The molecule has 1 saturated heterocycles. The van der Waals surface area contributed by atoms with Crippen molar-refractivity contribution in [2.24, 2.45) is 5.92 Å². The van der Waals surface area contributed by atoms with E-state index in [1.54, 1.807) is 4.90 Å². The van der Waals surface area contributed by atoms with Crippen molar-refractivity contribution in [3.05, 3.63) is 65.0 Å². The number of carbonyl (C=O) groups is 3. The Morgan fingerprint density at radius 3 is 2.02 bits per heavy atom. The molecule has 258 valence electrons. The van der Waals surface area contributed by atoms with Gasteiger partial charge in [0, 0.05) is 50.7 Å². The van der Waals surface area contributed by atoms with Crippen LogP contribution in [-0.4, -0.2) is 79.6 Å². The monoisotopic (exact) mass is 694 g/mol. The molecule has 2 aromatic rings. The van der Waals surface area contributed by atoms with Gasteiger partial charge < -0.3 is 19.9 Å². The van der Waals surface area contributed by atoms with Crippen LogP contribution in [0.1, 0.15) is 48.3 Å². The number of nitrogens with zero attached hydrogens (tertiary/aromatic N) is 3. The molecule has 2 atom stereocenters. The van der Waals surface area contributed by atoms with E-state index in [-0.39, 0.29) is 49.5 Å². The van der Waals surface area contributed by atoms with Crippen molar-refractivity contribution >= 4 is 35.3 Å². The lowest BCUT2D eigenvalue weighted by Crippen LogP contribution is -2.48. The van der Waals surface area contributed by atoms with Gasteiger partial charge in [-0.2, -0.15) is 26.3 Å². The van der Waals surface area contributed by atoms with Crippen molar-refractivity contribution in [2.75, 3.05) is 44.6 Å². The number of hydrogen-bond donors (Lipinski definition) is 1. The minimum atomic E-state index is -5.10. The van der Waals surface area contributed by atoms with E-state index in [2.05, 4.69) is 5.32 Å². The second-order valence-corrected chi connectivity index (χ2v) is 12.1. The number of amides is 4. The molecular weight excluding hydrogens is 661 g/mol. The largest absolute Gasteiger partial charge is 0.448 e. The molecular formula is C31H34ClF7N4O4. The average Bonchev–Trinajstić information content (AvgIpc) is 3.47. The number of alkyl carbamates (subject to hydrolysis) is 1. The molecule has 4 rings (SSSR count). The molecule has 47 heavy (non-hydrogen) atoms. The molecule has 1 heterocycles. The van der Waals surface area contributed by atoms with Crippen LogP contribution in [0.15, 0.2) is 42.5 Å². The normalized spacial score (nSPS) is 21.7. The van der Waals surface area contributed by atoms with Crippen LogP contribution in [0.25, 0.3) is 0 Å². The van der Waals surface area contributed by atoms with E-state index < -0.39 is 59.1 Å². The number of carbonyl (C=O) groups excluding carboxylic acids is 3. The topological polar surface area (TPSA) is 82.2 Å². The number of likely N-dealkylation sites (N-methyl/N-ethyl adjacent to an activating group) is 1. The molecule has 1 aliphatic carbocycles. The summed E-state index contributed by atoms with van der Waals surface area (Å²) in [5.74, 6) is -1.46. The lowest BCUT2D eigenvalue weighted by Gasteiger charge is -2.33. The summed E-state index contributed by atoms with van der Waals surface area (Å²) in [5, 5.41) is 2.75. The second kappa shape index (κ2) is 14.6. The first-order valence-electron chi connectivity index (χ1n) is 14.8. The van der Waals surface area contributed by atoms with Gasteiger partial charge in [0.2, 0.25) is 5.91 Å². The van der Waals surface area contributed by atoms with Gasteiger partial charge in [0.05, 0.1) is 23.0 Å². The predicted octanol–water partition coefficient (Wildman–Crippen LogP) is 6.87. The molecule has 0 radical (unpaired) electrons.